The van der Waals surface area contributed by atoms with Crippen molar-refractivity contribution in [3.63, 3.8) is 0 Å². The van der Waals surface area contributed by atoms with E-state index in [1.807, 2.05) is 26.0 Å². The van der Waals surface area contributed by atoms with Gasteiger partial charge in [0.05, 0.1) is 10.6 Å². The second kappa shape index (κ2) is 6.63. The van der Waals surface area contributed by atoms with Crippen LogP contribution in [0.2, 0.25) is 0 Å². The zero-order valence-corrected chi connectivity index (χ0v) is 16.0. The van der Waals surface area contributed by atoms with Crippen LogP contribution in [0.5, 0.6) is 0 Å². The fraction of sp³-hybridized carbons (Fsp3) is 0.474. The zero-order valence-electron chi connectivity index (χ0n) is 15.2. The molecule has 138 valence electrons. The number of aryl methyl sites for hydroxylation is 2. The largest absolute Gasteiger partial charge is 0.352 e. The van der Waals surface area contributed by atoms with Crippen LogP contribution >= 0.6 is 0 Å². The molecule has 26 heavy (non-hydrogen) atoms. The molecule has 1 saturated carbocycles. The summed E-state index contributed by atoms with van der Waals surface area (Å²) in [5.74, 6) is 1.43. The minimum Gasteiger partial charge on any atom is -0.352 e. The Balaban J connectivity index is 1.45. The molecule has 1 aliphatic carbocycles. The monoisotopic (exact) mass is 372 g/mol. The molecule has 0 amide bonds. The van der Waals surface area contributed by atoms with Gasteiger partial charge in [-0.1, -0.05) is 6.07 Å². The first kappa shape index (κ1) is 17.4. The van der Waals surface area contributed by atoms with Crippen LogP contribution in [0.15, 0.2) is 35.2 Å². The Morgan fingerprint density at radius 2 is 1.58 bits per heavy atom. The van der Waals surface area contributed by atoms with E-state index >= 15 is 0 Å². The van der Waals surface area contributed by atoms with Gasteiger partial charge in [-0.25, -0.2) is 8.42 Å². The van der Waals surface area contributed by atoms with E-state index in [1.54, 1.807) is 16.4 Å². The van der Waals surface area contributed by atoms with Crippen molar-refractivity contribution in [1.29, 1.82) is 0 Å². The van der Waals surface area contributed by atoms with Crippen molar-refractivity contribution in [3.8, 4) is 0 Å². The molecular formula is C19H24N4O2S. The van der Waals surface area contributed by atoms with Gasteiger partial charge in [-0.2, -0.15) is 9.40 Å². The molecule has 0 radical (unpaired) electrons. The van der Waals surface area contributed by atoms with E-state index < -0.39 is 10.0 Å². The standard InChI is InChI=1S/C19H24N4O2S/c1-14-11-15(2)13-17(12-14)26(24,25)23-9-7-22(8-10-23)19-6-5-18(20-21-19)16-3-4-16/h5-6,11-13,16H,3-4,7-10H2,1-2H3. The lowest BCUT2D eigenvalue weighted by molar-refractivity contribution is 0.383. The van der Waals surface area contributed by atoms with Crippen molar-refractivity contribution >= 4 is 15.8 Å². The van der Waals surface area contributed by atoms with E-state index in [4.69, 9.17) is 0 Å². The van der Waals surface area contributed by atoms with Crippen LogP contribution in [-0.4, -0.2) is 49.1 Å². The summed E-state index contributed by atoms with van der Waals surface area (Å²) in [6.07, 6.45) is 2.42. The Morgan fingerprint density at radius 1 is 0.923 bits per heavy atom. The molecule has 6 nitrogen and oxygen atoms in total. The van der Waals surface area contributed by atoms with Crippen LogP contribution < -0.4 is 4.90 Å². The summed E-state index contributed by atoms with van der Waals surface area (Å²) in [5.41, 5.74) is 3.01. The van der Waals surface area contributed by atoms with Crippen molar-refractivity contribution in [2.24, 2.45) is 0 Å². The molecule has 2 aliphatic rings. The highest BCUT2D eigenvalue weighted by molar-refractivity contribution is 7.89. The van der Waals surface area contributed by atoms with E-state index in [9.17, 15) is 8.42 Å². The number of rotatable bonds is 4. The van der Waals surface area contributed by atoms with Gasteiger partial charge in [0.2, 0.25) is 10.0 Å². The molecule has 2 heterocycles. The minimum absolute atomic E-state index is 0.386. The lowest BCUT2D eigenvalue weighted by Crippen LogP contribution is -2.49. The first-order chi connectivity index (χ1) is 12.4. The third kappa shape index (κ3) is 3.46. The molecule has 0 N–H and O–H groups in total. The maximum atomic E-state index is 12.9. The molecular weight excluding hydrogens is 348 g/mol. The minimum atomic E-state index is -3.45. The predicted octanol–water partition coefficient (Wildman–Crippen LogP) is 2.48. The summed E-state index contributed by atoms with van der Waals surface area (Å²) in [6.45, 7) is 6.02. The molecule has 1 aromatic heterocycles. The Bertz CT molecular complexity index is 879. The molecule has 0 bridgehead atoms. The summed E-state index contributed by atoms with van der Waals surface area (Å²) in [7, 11) is -3.45. The van der Waals surface area contributed by atoms with Gasteiger partial charge in [-0.05, 0) is 62.1 Å². The van der Waals surface area contributed by atoms with E-state index in [0.717, 1.165) is 22.6 Å². The summed E-state index contributed by atoms with van der Waals surface area (Å²) in [6, 6.07) is 9.54. The molecule has 7 heteroatoms. The maximum Gasteiger partial charge on any atom is 0.243 e. The first-order valence-corrected chi connectivity index (χ1v) is 10.5. The lowest BCUT2D eigenvalue weighted by atomic mass is 10.2. The zero-order chi connectivity index (χ0) is 18.3. The first-order valence-electron chi connectivity index (χ1n) is 9.10. The SMILES string of the molecule is Cc1cc(C)cc(S(=O)(=O)N2CCN(c3ccc(C4CC4)nn3)CC2)c1. The van der Waals surface area contributed by atoms with E-state index in [1.165, 1.54) is 12.8 Å². The maximum absolute atomic E-state index is 12.9. The second-order valence-electron chi connectivity index (χ2n) is 7.31. The summed E-state index contributed by atoms with van der Waals surface area (Å²) >= 11 is 0. The van der Waals surface area contributed by atoms with Gasteiger partial charge in [0.25, 0.3) is 0 Å². The van der Waals surface area contributed by atoms with Crippen molar-refractivity contribution in [2.75, 3.05) is 31.1 Å². The van der Waals surface area contributed by atoms with Gasteiger partial charge in [-0.15, -0.1) is 5.10 Å². The Hall–Kier alpha value is -1.99. The number of aromatic nitrogens is 2. The number of sulfonamides is 1. The molecule has 1 saturated heterocycles. The van der Waals surface area contributed by atoms with Crippen LogP contribution in [0, 0.1) is 13.8 Å². The molecule has 2 fully saturated rings. The van der Waals surface area contributed by atoms with Crippen LogP contribution in [0.1, 0.15) is 35.6 Å². The van der Waals surface area contributed by atoms with Crippen LogP contribution in [0.4, 0.5) is 5.82 Å². The summed E-state index contributed by atoms with van der Waals surface area (Å²) in [4.78, 5) is 2.49. The van der Waals surface area contributed by atoms with E-state index in [-0.39, 0.29) is 0 Å². The van der Waals surface area contributed by atoms with Gasteiger partial charge >= 0.3 is 0 Å². The van der Waals surface area contributed by atoms with Gasteiger partial charge in [0.15, 0.2) is 5.82 Å². The average molecular weight is 372 g/mol. The highest BCUT2D eigenvalue weighted by atomic mass is 32.2. The van der Waals surface area contributed by atoms with E-state index in [0.29, 0.717) is 37.0 Å². The number of piperazine rings is 1. The van der Waals surface area contributed by atoms with Crippen LogP contribution in [0.3, 0.4) is 0 Å². The fourth-order valence-electron chi connectivity index (χ4n) is 3.49. The normalized spacial score (nSPS) is 18.9. The van der Waals surface area contributed by atoms with Crippen molar-refractivity contribution in [2.45, 2.75) is 37.5 Å². The Labute approximate surface area is 154 Å². The fourth-order valence-corrected chi connectivity index (χ4v) is 5.10. The third-order valence-corrected chi connectivity index (χ3v) is 6.94. The second-order valence-corrected chi connectivity index (χ2v) is 9.24. The molecule has 0 spiro atoms. The van der Waals surface area contributed by atoms with Gasteiger partial charge < -0.3 is 4.90 Å². The molecule has 0 unspecified atom stereocenters. The lowest BCUT2D eigenvalue weighted by Gasteiger charge is -2.34. The number of benzene rings is 1. The van der Waals surface area contributed by atoms with E-state index in [2.05, 4.69) is 21.2 Å². The topological polar surface area (TPSA) is 66.4 Å². The van der Waals surface area contributed by atoms with Gasteiger partial charge in [-0.3, -0.25) is 0 Å². The van der Waals surface area contributed by atoms with Crippen LogP contribution in [0.25, 0.3) is 0 Å². The number of anilines is 1. The molecule has 2 aromatic rings. The molecule has 1 aromatic carbocycles. The van der Waals surface area contributed by atoms with Crippen molar-refractivity contribution < 1.29 is 8.42 Å². The van der Waals surface area contributed by atoms with Gasteiger partial charge in [0.1, 0.15) is 0 Å². The summed E-state index contributed by atoms with van der Waals surface area (Å²) < 4.78 is 27.5. The molecule has 4 rings (SSSR count). The van der Waals surface area contributed by atoms with Crippen molar-refractivity contribution in [3.05, 3.63) is 47.2 Å². The number of hydrogen-bond donors (Lipinski definition) is 0. The highest BCUT2D eigenvalue weighted by Crippen LogP contribution is 2.38. The Morgan fingerprint density at radius 3 is 2.12 bits per heavy atom. The quantitative estimate of drug-likeness (QED) is 0.825. The Kier molecular flexibility index (Phi) is 4.44. The number of hydrogen-bond acceptors (Lipinski definition) is 5. The molecule has 0 atom stereocenters. The smallest absolute Gasteiger partial charge is 0.243 e. The summed E-state index contributed by atoms with van der Waals surface area (Å²) in [5, 5.41) is 8.67. The predicted molar refractivity (Wildman–Crippen MR) is 101 cm³/mol. The van der Waals surface area contributed by atoms with Crippen molar-refractivity contribution in [1.82, 2.24) is 14.5 Å². The highest BCUT2D eigenvalue weighted by Gasteiger charge is 2.30. The molecule has 1 aliphatic heterocycles. The number of nitrogens with zero attached hydrogens (tertiary/aromatic N) is 4. The van der Waals surface area contributed by atoms with Gasteiger partial charge in [0, 0.05) is 32.1 Å². The average Bonchev–Trinajstić information content (AvgIpc) is 3.46. The van der Waals surface area contributed by atoms with Crippen LogP contribution in [-0.2, 0) is 10.0 Å². The third-order valence-electron chi connectivity index (χ3n) is 5.06.